The molecule has 4 rings (SSSR count). The van der Waals surface area contributed by atoms with Crippen molar-refractivity contribution in [3.05, 3.63) is 54.7 Å². The molecule has 0 amide bonds. The van der Waals surface area contributed by atoms with E-state index in [9.17, 15) is 8.42 Å². The summed E-state index contributed by atoms with van der Waals surface area (Å²) in [5.41, 5.74) is 2.52. The van der Waals surface area contributed by atoms with Crippen LogP contribution in [0.1, 0.15) is 6.42 Å². The maximum Gasteiger partial charge on any atom is 0.175 e. The van der Waals surface area contributed by atoms with Crippen LogP contribution < -0.4 is 9.47 Å². The van der Waals surface area contributed by atoms with Crippen LogP contribution in [0.25, 0.3) is 16.9 Å². The van der Waals surface area contributed by atoms with E-state index in [1.165, 1.54) is 6.26 Å². The molecule has 7 nitrogen and oxygen atoms in total. The minimum absolute atomic E-state index is 0.00704. The standard InChI is InChI=1S/C21H22N2O5S/c1-26-20-8-3-15(13-21(20)28-17-10-12-27-14-17)19-9-11-22-23(19)16-4-6-18(7-5-16)29(2,24)25/h3-9,11,13,17H,10,12,14H2,1-2H3/t17-/m1/s1. The summed E-state index contributed by atoms with van der Waals surface area (Å²) in [6.07, 6.45) is 3.75. The van der Waals surface area contributed by atoms with Gasteiger partial charge in [0.1, 0.15) is 6.10 Å². The van der Waals surface area contributed by atoms with Crippen molar-refractivity contribution in [2.45, 2.75) is 17.4 Å². The fraction of sp³-hybridized carbons (Fsp3) is 0.286. The Bertz CT molecular complexity index is 1100. The smallest absolute Gasteiger partial charge is 0.175 e. The van der Waals surface area contributed by atoms with Crippen molar-refractivity contribution < 1.29 is 22.6 Å². The molecule has 1 atom stereocenters. The molecule has 1 aliphatic heterocycles. The van der Waals surface area contributed by atoms with E-state index in [1.54, 1.807) is 42.3 Å². The topological polar surface area (TPSA) is 79.7 Å². The van der Waals surface area contributed by atoms with Crippen LogP contribution in [-0.4, -0.2) is 50.9 Å². The van der Waals surface area contributed by atoms with Crippen LogP contribution in [0.5, 0.6) is 11.5 Å². The summed E-state index contributed by atoms with van der Waals surface area (Å²) in [5, 5.41) is 4.41. The maximum absolute atomic E-state index is 11.7. The van der Waals surface area contributed by atoms with E-state index in [-0.39, 0.29) is 11.0 Å². The highest BCUT2D eigenvalue weighted by Gasteiger charge is 2.20. The Kier molecular flexibility index (Phi) is 5.29. The van der Waals surface area contributed by atoms with Gasteiger partial charge in [0.05, 0.1) is 42.8 Å². The highest BCUT2D eigenvalue weighted by Crippen LogP contribution is 2.34. The lowest BCUT2D eigenvalue weighted by Crippen LogP contribution is -2.16. The average Bonchev–Trinajstić information content (AvgIpc) is 3.39. The predicted octanol–water partition coefficient (Wildman–Crippen LogP) is 3.12. The van der Waals surface area contributed by atoms with Gasteiger partial charge in [-0.3, -0.25) is 0 Å². The summed E-state index contributed by atoms with van der Waals surface area (Å²) in [4.78, 5) is 0.272. The third kappa shape index (κ3) is 4.13. The Labute approximate surface area is 169 Å². The van der Waals surface area contributed by atoms with Gasteiger partial charge >= 0.3 is 0 Å². The van der Waals surface area contributed by atoms with Gasteiger partial charge in [0.15, 0.2) is 21.3 Å². The van der Waals surface area contributed by atoms with Gasteiger partial charge in [0.2, 0.25) is 0 Å². The third-order valence-corrected chi connectivity index (χ3v) is 5.92. The summed E-state index contributed by atoms with van der Waals surface area (Å²) in [5.74, 6) is 1.31. The number of aromatic nitrogens is 2. The van der Waals surface area contributed by atoms with E-state index >= 15 is 0 Å². The first kappa shape index (κ1) is 19.5. The van der Waals surface area contributed by atoms with Crippen molar-refractivity contribution in [2.24, 2.45) is 0 Å². The first-order valence-corrected chi connectivity index (χ1v) is 11.1. The van der Waals surface area contributed by atoms with Crippen LogP contribution in [0.2, 0.25) is 0 Å². The normalized spacial score (nSPS) is 16.7. The van der Waals surface area contributed by atoms with Crippen molar-refractivity contribution in [1.82, 2.24) is 9.78 Å². The number of nitrogens with zero attached hydrogens (tertiary/aromatic N) is 2. The quantitative estimate of drug-likeness (QED) is 0.617. The summed E-state index contributed by atoms with van der Waals surface area (Å²) < 4.78 is 42.1. The van der Waals surface area contributed by atoms with Gasteiger partial charge in [-0.25, -0.2) is 13.1 Å². The van der Waals surface area contributed by atoms with E-state index in [1.807, 2.05) is 24.3 Å². The summed E-state index contributed by atoms with van der Waals surface area (Å²) in [6, 6.07) is 14.3. The lowest BCUT2D eigenvalue weighted by molar-refractivity contribution is 0.138. The second-order valence-corrected chi connectivity index (χ2v) is 8.88. The van der Waals surface area contributed by atoms with Crippen molar-refractivity contribution in [2.75, 3.05) is 26.6 Å². The Balaban J connectivity index is 1.68. The Morgan fingerprint density at radius 2 is 1.90 bits per heavy atom. The highest BCUT2D eigenvalue weighted by molar-refractivity contribution is 7.90. The number of hydrogen-bond donors (Lipinski definition) is 0. The molecule has 1 aliphatic rings. The van der Waals surface area contributed by atoms with Crippen LogP contribution in [0, 0.1) is 0 Å². The van der Waals surface area contributed by atoms with Crippen LogP contribution >= 0.6 is 0 Å². The molecule has 1 fully saturated rings. The molecule has 2 aromatic carbocycles. The molecule has 0 saturated carbocycles. The number of hydrogen-bond acceptors (Lipinski definition) is 6. The van der Waals surface area contributed by atoms with Crippen molar-refractivity contribution in [3.63, 3.8) is 0 Å². The van der Waals surface area contributed by atoms with Crippen LogP contribution in [0.15, 0.2) is 59.6 Å². The van der Waals surface area contributed by atoms with E-state index in [0.717, 1.165) is 23.4 Å². The molecule has 0 unspecified atom stereocenters. The molecular formula is C21H22N2O5S. The molecule has 0 N–H and O–H groups in total. The van der Waals surface area contributed by atoms with E-state index in [2.05, 4.69) is 5.10 Å². The van der Waals surface area contributed by atoms with E-state index < -0.39 is 9.84 Å². The van der Waals surface area contributed by atoms with E-state index in [4.69, 9.17) is 14.2 Å². The number of methoxy groups -OCH3 is 1. The third-order valence-electron chi connectivity index (χ3n) is 4.79. The second kappa shape index (κ2) is 7.88. The average molecular weight is 414 g/mol. The van der Waals surface area contributed by atoms with Gasteiger partial charge in [-0.1, -0.05) is 0 Å². The van der Waals surface area contributed by atoms with Crippen molar-refractivity contribution in [3.8, 4) is 28.4 Å². The molecule has 8 heteroatoms. The number of ether oxygens (including phenoxy) is 3. The Hall–Kier alpha value is -2.84. The lowest BCUT2D eigenvalue weighted by atomic mass is 10.1. The van der Waals surface area contributed by atoms with Crippen molar-refractivity contribution >= 4 is 9.84 Å². The van der Waals surface area contributed by atoms with Gasteiger partial charge in [-0.05, 0) is 48.5 Å². The van der Waals surface area contributed by atoms with Crippen LogP contribution in [0.3, 0.4) is 0 Å². The molecule has 1 saturated heterocycles. The largest absolute Gasteiger partial charge is 0.493 e. The fourth-order valence-corrected chi connectivity index (χ4v) is 3.91. The highest BCUT2D eigenvalue weighted by atomic mass is 32.2. The zero-order chi connectivity index (χ0) is 20.4. The molecule has 29 heavy (non-hydrogen) atoms. The van der Waals surface area contributed by atoms with Crippen molar-refractivity contribution in [1.29, 1.82) is 0 Å². The van der Waals surface area contributed by atoms with Crippen LogP contribution in [0.4, 0.5) is 0 Å². The van der Waals surface area contributed by atoms with Gasteiger partial charge in [0.25, 0.3) is 0 Å². The van der Waals surface area contributed by atoms with Gasteiger partial charge in [-0.2, -0.15) is 5.10 Å². The van der Waals surface area contributed by atoms with E-state index in [0.29, 0.717) is 24.7 Å². The first-order valence-electron chi connectivity index (χ1n) is 9.23. The first-order chi connectivity index (χ1) is 14.0. The van der Waals surface area contributed by atoms with Crippen LogP contribution in [-0.2, 0) is 14.6 Å². The molecule has 0 aliphatic carbocycles. The number of sulfone groups is 1. The molecule has 2 heterocycles. The SMILES string of the molecule is COc1ccc(-c2ccnn2-c2ccc(S(C)(=O)=O)cc2)cc1O[C@@H]1CCOC1. The molecule has 1 aromatic heterocycles. The number of benzene rings is 2. The molecule has 0 bridgehead atoms. The minimum atomic E-state index is -3.25. The summed E-state index contributed by atoms with van der Waals surface area (Å²) >= 11 is 0. The molecule has 0 radical (unpaired) electrons. The van der Waals surface area contributed by atoms with Gasteiger partial charge in [0, 0.05) is 18.2 Å². The summed E-state index contributed by atoms with van der Waals surface area (Å²) in [6.45, 7) is 1.26. The zero-order valence-electron chi connectivity index (χ0n) is 16.2. The van der Waals surface area contributed by atoms with Gasteiger partial charge < -0.3 is 14.2 Å². The molecular weight excluding hydrogens is 392 g/mol. The second-order valence-electron chi connectivity index (χ2n) is 6.86. The molecule has 0 spiro atoms. The predicted molar refractivity (Wildman–Crippen MR) is 109 cm³/mol. The zero-order valence-corrected chi connectivity index (χ0v) is 17.1. The fourth-order valence-electron chi connectivity index (χ4n) is 3.28. The van der Waals surface area contributed by atoms with Gasteiger partial charge in [-0.15, -0.1) is 0 Å². The Morgan fingerprint density at radius 3 is 2.55 bits per heavy atom. The number of rotatable bonds is 6. The summed E-state index contributed by atoms with van der Waals surface area (Å²) in [7, 11) is -1.63. The lowest BCUT2D eigenvalue weighted by Gasteiger charge is -2.16. The maximum atomic E-state index is 11.7. The monoisotopic (exact) mass is 414 g/mol. The molecule has 3 aromatic rings. The molecule has 152 valence electrons. The Morgan fingerprint density at radius 1 is 1.10 bits per heavy atom. The minimum Gasteiger partial charge on any atom is -0.493 e.